The first-order valence-electron chi connectivity index (χ1n) is 10.8. The monoisotopic (exact) mass is 435 g/mol. The number of anilines is 2. The fourth-order valence-electron chi connectivity index (χ4n) is 4.23. The summed E-state index contributed by atoms with van der Waals surface area (Å²) in [5.74, 6) is -0.0368. The molecule has 0 atom stereocenters. The Morgan fingerprint density at radius 1 is 1.06 bits per heavy atom. The van der Waals surface area contributed by atoms with E-state index in [9.17, 15) is 4.79 Å². The van der Waals surface area contributed by atoms with E-state index in [4.69, 9.17) is 0 Å². The number of H-pyrrole nitrogens is 2. The minimum atomic E-state index is -0.0368. The molecule has 33 heavy (non-hydrogen) atoms. The number of amides is 1. The zero-order valence-corrected chi connectivity index (χ0v) is 17.7. The number of hydrogen-bond donors (Lipinski definition) is 3. The lowest BCUT2D eigenvalue weighted by Gasteiger charge is -2.25. The van der Waals surface area contributed by atoms with Gasteiger partial charge in [0.2, 0.25) is 0 Å². The lowest BCUT2D eigenvalue weighted by atomic mass is 10.0. The number of aromatic amines is 2. The lowest BCUT2D eigenvalue weighted by molar-refractivity contribution is 0.0767. The van der Waals surface area contributed by atoms with Gasteiger partial charge in [-0.05, 0) is 54.5 Å². The average molecular weight is 435 g/mol. The largest absolute Gasteiger partial charge is 0.355 e. The zero-order chi connectivity index (χ0) is 22.2. The maximum atomic E-state index is 12.7. The summed E-state index contributed by atoms with van der Waals surface area (Å²) in [6.07, 6.45) is 8.13. The molecular weight excluding hydrogens is 414 g/mol. The van der Waals surface area contributed by atoms with Crippen LogP contribution in [0.4, 0.5) is 11.4 Å². The molecule has 0 fully saturated rings. The number of rotatable bonds is 4. The van der Waals surface area contributed by atoms with Crippen LogP contribution in [0, 0.1) is 0 Å². The number of benzene rings is 1. The zero-order valence-electron chi connectivity index (χ0n) is 17.7. The molecule has 1 amide bonds. The summed E-state index contributed by atoms with van der Waals surface area (Å²) in [4.78, 5) is 26.6. The molecule has 8 heteroatoms. The van der Waals surface area contributed by atoms with Gasteiger partial charge in [0.1, 0.15) is 11.3 Å². The molecule has 5 heterocycles. The summed E-state index contributed by atoms with van der Waals surface area (Å²) in [6.45, 7) is 1.21. The van der Waals surface area contributed by atoms with Crippen LogP contribution >= 0.6 is 0 Å². The lowest BCUT2D eigenvalue weighted by Crippen LogP contribution is -2.35. The maximum absolute atomic E-state index is 12.7. The van der Waals surface area contributed by atoms with E-state index in [0.717, 1.165) is 45.4 Å². The summed E-state index contributed by atoms with van der Waals surface area (Å²) < 4.78 is 0. The smallest absolute Gasteiger partial charge is 0.272 e. The predicted octanol–water partition coefficient (Wildman–Crippen LogP) is 4.51. The van der Waals surface area contributed by atoms with Crippen LogP contribution < -0.4 is 5.32 Å². The van der Waals surface area contributed by atoms with E-state index in [1.807, 2.05) is 41.4 Å². The molecular formula is C25H21N7O. The highest BCUT2D eigenvalue weighted by Crippen LogP contribution is 2.31. The van der Waals surface area contributed by atoms with Crippen molar-refractivity contribution in [3.8, 4) is 0 Å². The molecule has 1 aliphatic heterocycles. The van der Waals surface area contributed by atoms with Crippen molar-refractivity contribution in [2.45, 2.75) is 6.42 Å². The van der Waals surface area contributed by atoms with Crippen LogP contribution in [0.25, 0.3) is 27.5 Å². The first-order valence-corrected chi connectivity index (χ1v) is 10.8. The van der Waals surface area contributed by atoms with Crippen molar-refractivity contribution in [3.63, 3.8) is 0 Å². The van der Waals surface area contributed by atoms with E-state index in [0.29, 0.717) is 18.8 Å². The SMILES string of the molecule is O=C(c1ccccn1)N1CC=C(c2cc3c(Nc4ccc5[nH]ncc5c4)ccnc3[nH]2)CC1. The maximum Gasteiger partial charge on any atom is 0.272 e. The topological polar surface area (TPSA) is 103 Å². The summed E-state index contributed by atoms with van der Waals surface area (Å²) in [6, 6.07) is 15.6. The molecule has 0 aliphatic carbocycles. The quantitative estimate of drug-likeness (QED) is 0.386. The van der Waals surface area contributed by atoms with Gasteiger partial charge < -0.3 is 15.2 Å². The van der Waals surface area contributed by atoms with Crippen LogP contribution in [0.15, 0.2) is 73.2 Å². The van der Waals surface area contributed by atoms with E-state index in [-0.39, 0.29) is 5.91 Å². The number of carbonyl (C=O) groups is 1. The Hall–Kier alpha value is -4.46. The molecule has 162 valence electrons. The molecule has 0 saturated heterocycles. The predicted molar refractivity (Wildman–Crippen MR) is 128 cm³/mol. The summed E-state index contributed by atoms with van der Waals surface area (Å²) >= 11 is 0. The second kappa shape index (κ2) is 7.90. The number of pyridine rings is 2. The van der Waals surface area contributed by atoms with Crippen LogP contribution in [-0.4, -0.2) is 49.0 Å². The Morgan fingerprint density at radius 3 is 2.88 bits per heavy atom. The molecule has 0 saturated carbocycles. The van der Waals surface area contributed by atoms with E-state index in [2.05, 4.69) is 48.7 Å². The second-order valence-electron chi connectivity index (χ2n) is 8.05. The van der Waals surface area contributed by atoms with Gasteiger partial charge in [0.25, 0.3) is 5.91 Å². The van der Waals surface area contributed by atoms with Crippen molar-refractivity contribution in [1.29, 1.82) is 0 Å². The van der Waals surface area contributed by atoms with Crippen LogP contribution in [0.3, 0.4) is 0 Å². The highest BCUT2D eigenvalue weighted by molar-refractivity contribution is 5.96. The molecule has 1 aliphatic rings. The van der Waals surface area contributed by atoms with Crippen LogP contribution in [0.1, 0.15) is 22.6 Å². The Bertz CT molecular complexity index is 1500. The van der Waals surface area contributed by atoms with Crippen molar-refractivity contribution < 1.29 is 4.79 Å². The van der Waals surface area contributed by atoms with Gasteiger partial charge in [0.05, 0.1) is 17.4 Å². The average Bonchev–Trinajstić information content (AvgIpc) is 3.52. The van der Waals surface area contributed by atoms with Crippen molar-refractivity contribution in [1.82, 2.24) is 30.0 Å². The molecule has 5 aromatic rings. The highest BCUT2D eigenvalue weighted by atomic mass is 16.2. The minimum Gasteiger partial charge on any atom is -0.355 e. The minimum absolute atomic E-state index is 0.0368. The molecule has 4 aromatic heterocycles. The van der Waals surface area contributed by atoms with Gasteiger partial charge in [-0.1, -0.05) is 12.1 Å². The standard InChI is InChI=1S/C25H21N7O/c33-25(22-3-1-2-9-26-22)32-11-7-16(8-12-32)23-14-19-21(6-10-27-24(19)30-23)29-18-4-5-20-17(13-18)15-28-31-20/h1-7,9-10,13-15H,8,11-12H2,(H,28,31)(H2,27,29,30). The van der Waals surface area contributed by atoms with E-state index < -0.39 is 0 Å². The van der Waals surface area contributed by atoms with Crippen LogP contribution in [0.5, 0.6) is 0 Å². The van der Waals surface area contributed by atoms with Gasteiger partial charge in [-0.15, -0.1) is 0 Å². The fraction of sp³-hybridized carbons (Fsp3) is 0.120. The number of fused-ring (bicyclic) bond motifs is 2. The van der Waals surface area contributed by atoms with Crippen molar-refractivity contribution in [2.75, 3.05) is 18.4 Å². The molecule has 6 rings (SSSR count). The third kappa shape index (κ3) is 3.61. The Labute approximate surface area is 189 Å². The Kier molecular flexibility index (Phi) is 4.61. The van der Waals surface area contributed by atoms with Crippen molar-refractivity contribution in [3.05, 3.63) is 84.6 Å². The molecule has 1 aromatic carbocycles. The van der Waals surface area contributed by atoms with E-state index >= 15 is 0 Å². The second-order valence-corrected chi connectivity index (χ2v) is 8.05. The van der Waals surface area contributed by atoms with E-state index in [1.165, 1.54) is 5.57 Å². The molecule has 0 bridgehead atoms. The number of nitrogens with one attached hydrogen (secondary N) is 3. The van der Waals surface area contributed by atoms with Gasteiger partial charge >= 0.3 is 0 Å². The third-order valence-electron chi connectivity index (χ3n) is 5.98. The number of carbonyl (C=O) groups excluding carboxylic acids is 1. The summed E-state index contributed by atoms with van der Waals surface area (Å²) in [7, 11) is 0. The fourth-order valence-corrected chi connectivity index (χ4v) is 4.23. The van der Waals surface area contributed by atoms with Gasteiger partial charge in [-0.25, -0.2) is 4.98 Å². The normalized spacial score (nSPS) is 13.9. The van der Waals surface area contributed by atoms with Crippen LogP contribution in [-0.2, 0) is 0 Å². The van der Waals surface area contributed by atoms with Gasteiger partial charge in [0, 0.05) is 47.6 Å². The first-order chi connectivity index (χ1) is 16.2. The molecule has 0 radical (unpaired) electrons. The Morgan fingerprint density at radius 2 is 2.03 bits per heavy atom. The molecule has 8 nitrogen and oxygen atoms in total. The number of hydrogen-bond acceptors (Lipinski definition) is 5. The number of nitrogens with zero attached hydrogens (tertiary/aromatic N) is 4. The van der Waals surface area contributed by atoms with Gasteiger partial charge in [-0.2, -0.15) is 5.10 Å². The first kappa shape index (κ1) is 19.2. The number of aromatic nitrogens is 5. The van der Waals surface area contributed by atoms with Crippen LogP contribution in [0.2, 0.25) is 0 Å². The van der Waals surface area contributed by atoms with Crippen molar-refractivity contribution in [2.24, 2.45) is 0 Å². The molecule has 3 N–H and O–H groups in total. The molecule has 0 unspecified atom stereocenters. The molecule has 0 spiro atoms. The summed E-state index contributed by atoms with van der Waals surface area (Å²) in [5.41, 5.74) is 6.49. The summed E-state index contributed by atoms with van der Waals surface area (Å²) in [5, 5.41) is 12.6. The van der Waals surface area contributed by atoms with Gasteiger partial charge in [-0.3, -0.25) is 14.9 Å². The van der Waals surface area contributed by atoms with Gasteiger partial charge in [0.15, 0.2) is 0 Å². The Balaban J connectivity index is 1.24. The van der Waals surface area contributed by atoms with E-state index in [1.54, 1.807) is 18.5 Å². The van der Waals surface area contributed by atoms with Crippen molar-refractivity contribution >= 4 is 44.8 Å². The highest BCUT2D eigenvalue weighted by Gasteiger charge is 2.21. The third-order valence-corrected chi connectivity index (χ3v) is 5.98.